The lowest BCUT2D eigenvalue weighted by molar-refractivity contribution is 0.180. The van der Waals surface area contributed by atoms with E-state index in [4.69, 9.17) is 10.6 Å². The standard InChI is InChI=1S/C14H23N5O/c15-18-12-10-13(17-14(16-12)11-4-5-11)20-9-8-19-6-2-1-3-7-19/h10-11H,1-9,15H2,(H,16,17,18). The molecule has 3 rings (SSSR count). The molecule has 1 saturated carbocycles. The van der Waals surface area contributed by atoms with Crippen molar-refractivity contribution in [3.63, 3.8) is 0 Å². The molecule has 1 saturated heterocycles. The van der Waals surface area contributed by atoms with Gasteiger partial charge in [0.1, 0.15) is 18.2 Å². The normalized spacial score (nSPS) is 19.9. The topological polar surface area (TPSA) is 76.3 Å². The monoisotopic (exact) mass is 277 g/mol. The zero-order valence-corrected chi connectivity index (χ0v) is 11.8. The van der Waals surface area contributed by atoms with Gasteiger partial charge in [-0.3, -0.25) is 4.90 Å². The van der Waals surface area contributed by atoms with E-state index < -0.39 is 0 Å². The molecule has 0 unspecified atom stereocenters. The average molecular weight is 277 g/mol. The van der Waals surface area contributed by atoms with Crippen molar-refractivity contribution in [3.8, 4) is 5.88 Å². The Labute approximate surface area is 119 Å². The molecule has 0 amide bonds. The smallest absolute Gasteiger partial charge is 0.218 e. The molecule has 6 nitrogen and oxygen atoms in total. The highest BCUT2D eigenvalue weighted by molar-refractivity contribution is 5.38. The molecule has 0 aromatic carbocycles. The van der Waals surface area contributed by atoms with E-state index in [0.717, 1.165) is 12.4 Å². The molecular weight excluding hydrogens is 254 g/mol. The minimum Gasteiger partial charge on any atom is -0.476 e. The van der Waals surface area contributed by atoms with Crippen LogP contribution in [-0.4, -0.2) is 41.1 Å². The first kappa shape index (κ1) is 13.6. The van der Waals surface area contributed by atoms with Crippen LogP contribution in [0.1, 0.15) is 43.8 Å². The second kappa shape index (κ2) is 6.37. The van der Waals surface area contributed by atoms with Gasteiger partial charge in [0.2, 0.25) is 5.88 Å². The van der Waals surface area contributed by atoms with Crippen molar-refractivity contribution in [3.05, 3.63) is 11.9 Å². The van der Waals surface area contributed by atoms with Gasteiger partial charge >= 0.3 is 0 Å². The Morgan fingerprint density at radius 2 is 2.05 bits per heavy atom. The number of nitrogen functional groups attached to an aromatic ring is 1. The summed E-state index contributed by atoms with van der Waals surface area (Å²) in [5, 5.41) is 0. The van der Waals surface area contributed by atoms with Crippen molar-refractivity contribution in [2.24, 2.45) is 5.84 Å². The van der Waals surface area contributed by atoms with Gasteiger partial charge in [-0.1, -0.05) is 6.42 Å². The summed E-state index contributed by atoms with van der Waals surface area (Å²) in [5.74, 6) is 8.06. The number of ether oxygens (including phenoxy) is 1. The van der Waals surface area contributed by atoms with E-state index in [1.807, 2.05) is 0 Å². The number of aromatic nitrogens is 2. The zero-order chi connectivity index (χ0) is 13.8. The summed E-state index contributed by atoms with van der Waals surface area (Å²) < 4.78 is 5.78. The van der Waals surface area contributed by atoms with Crippen molar-refractivity contribution in [1.82, 2.24) is 14.9 Å². The van der Waals surface area contributed by atoms with Crippen LogP contribution in [0.15, 0.2) is 6.07 Å². The maximum Gasteiger partial charge on any atom is 0.218 e. The van der Waals surface area contributed by atoms with Gasteiger partial charge in [-0.2, -0.15) is 4.98 Å². The predicted octanol–water partition coefficient (Wildman–Crippen LogP) is 1.50. The number of nitrogens with two attached hydrogens (primary N) is 1. The highest BCUT2D eigenvalue weighted by Gasteiger charge is 2.27. The first-order chi connectivity index (χ1) is 9.85. The third kappa shape index (κ3) is 3.58. The van der Waals surface area contributed by atoms with E-state index in [1.165, 1.54) is 45.2 Å². The molecule has 0 atom stereocenters. The lowest BCUT2D eigenvalue weighted by atomic mass is 10.1. The summed E-state index contributed by atoms with van der Waals surface area (Å²) in [5.41, 5.74) is 2.59. The molecule has 110 valence electrons. The van der Waals surface area contributed by atoms with E-state index >= 15 is 0 Å². The second-order valence-electron chi connectivity index (χ2n) is 5.62. The fourth-order valence-corrected chi connectivity index (χ4v) is 2.58. The minimum atomic E-state index is 0.493. The van der Waals surface area contributed by atoms with Gasteiger partial charge in [0.25, 0.3) is 0 Å². The largest absolute Gasteiger partial charge is 0.476 e. The third-order valence-electron chi connectivity index (χ3n) is 3.92. The Kier molecular flexibility index (Phi) is 4.32. The van der Waals surface area contributed by atoms with Crippen molar-refractivity contribution in [1.29, 1.82) is 0 Å². The quantitative estimate of drug-likeness (QED) is 0.606. The SMILES string of the molecule is NNc1cc(OCCN2CCCCC2)nc(C2CC2)n1. The summed E-state index contributed by atoms with van der Waals surface area (Å²) in [6.07, 6.45) is 6.31. The maximum atomic E-state index is 5.78. The molecule has 1 aliphatic carbocycles. The molecule has 1 aliphatic heterocycles. The van der Waals surface area contributed by atoms with Gasteiger partial charge in [0, 0.05) is 18.5 Å². The average Bonchev–Trinajstić information content (AvgIpc) is 3.33. The fourth-order valence-electron chi connectivity index (χ4n) is 2.58. The first-order valence-corrected chi connectivity index (χ1v) is 7.56. The summed E-state index contributed by atoms with van der Waals surface area (Å²) in [6, 6.07) is 1.77. The van der Waals surface area contributed by atoms with Crippen molar-refractivity contribution < 1.29 is 4.74 Å². The second-order valence-corrected chi connectivity index (χ2v) is 5.62. The van der Waals surface area contributed by atoms with E-state index in [9.17, 15) is 0 Å². The molecule has 2 heterocycles. The number of rotatable bonds is 6. The van der Waals surface area contributed by atoms with E-state index in [-0.39, 0.29) is 0 Å². The Bertz CT molecular complexity index is 443. The van der Waals surface area contributed by atoms with E-state index in [0.29, 0.717) is 24.2 Å². The van der Waals surface area contributed by atoms with Crippen LogP contribution in [0.4, 0.5) is 5.82 Å². The molecule has 0 radical (unpaired) electrons. The van der Waals surface area contributed by atoms with Gasteiger partial charge in [0.15, 0.2) is 0 Å². The molecule has 3 N–H and O–H groups in total. The highest BCUT2D eigenvalue weighted by atomic mass is 16.5. The lowest BCUT2D eigenvalue weighted by Crippen LogP contribution is -2.33. The minimum absolute atomic E-state index is 0.493. The molecule has 20 heavy (non-hydrogen) atoms. The number of likely N-dealkylation sites (tertiary alicyclic amines) is 1. The Morgan fingerprint density at radius 3 is 2.75 bits per heavy atom. The van der Waals surface area contributed by atoms with E-state index in [1.54, 1.807) is 6.07 Å². The first-order valence-electron chi connectivity index (χ1n) is 7.56. The number of nitrogens with zero attached hydrogens (tertiary/aromatic N) is 3. The van der Waals surface area contributed by atoms with Gasteiger partial charge < -0.3 is 10.2 Å². The Balaban J connectivity index is 1.54. The van der Waals surface area contributed by atoms with Crippen LogP contribution >= 0.6 is 0 Å². The van der Waals surface area contributed by atoms with Gasteiger partial charge in [-0.15, -0.1) is 0 Å². The molecule has 6 heteroatoms. The van der Waals surface area contributed by atoms with Gasteiger partial charge in [-0.05, 0) is 38.8 Å². The van der Waals surface area contributed by atoms with Crippen molar-refractivity contribution in [2.45, 2.75) is 38.0 Å². The van der Waals surface area contributed by atoms with Gasteiger partial charge in [0.05, 0.1) is 0 Å². The van der Waals surface area contributed by atoms with Crippen LogP contribution in [0.3, 0.4) is 0 Å². The van der Waals surface area contributed by atoms with Gasteiger partial charge in [-0.25, -0.2) is 10.8 Å². The number of piperidine rings is 1. The highest BCUT2D eigenvalue weighted by Crippen LogP contribution is 2.38. The van der Waals surface area contributed by atoms with Crippen LogP contribution in [0, 0.1) is 0 Å². The number of hydrogen-bond acceptors (Lipinski definition) is 6. The molecular formula is C14H23N5O. The van der Waals surface area contributed by atoms with E-state index in [2.05, 4.69) is 20.3 Å². The molecule has 2 aliphatic rings. The maximum absolute atomic E-state index is 5.78. The summed E-state index contributed by atoms with van der Waals surface area (Å²) in [4.78, 5) is 11.3. The molecule has 0 spiro atoms. The third-order valence-corrected chi connectivity index (χ3v) is 3.92. The summed E-state index contributed by atoms with van der Waals surface area (Å²) in [6.45, 7) is 4.02. The molecule has 1 aromatic heterocycles. The number of anilines is 1. The molecule has 0 bridgehead atoms. The molecule has 2 fully saturated rings. The molecule has 1 aromatic rings. The van der Waals surface area contributed by atoms with Crippen molar-refractivity contribution >= 4 is 5.82 Å². The Hall–Kier alpha value is -1.40. The Morgan fingerprint density at radius 1 is 1.25 bits per heavy atom. The van der Waals surface area contributed by atoms with Crippen LogP contribution in [-0.2, 0) is 0 Å². The van der Waals surface area contributed by atoms with Crippen LogP contribution in [0.5, 0.6) is 5.88 Å². The van der Waals surface area contributed by atoms with Crippen LogP contribution < -0.4 is 16.0 Å². The van der Waals surface area contributed by atoms with Crippen LogP contribution in [0.25, 0.3) is 0 Å². The number of hydrogen-bond donors (Lipinski definition) is 2. The number of hydrazine groups is 1. The van der Waals surface area contributed by atoms with Crippen molar-refractivity contribution in [2.75, 3.05) is 31.7 Å². The predicted molar refractivity (Wildman–Crippen MR) is 77.6 cm³/mol. The zero-order valence-electron chi connectivity index (χ0n) is 11.8. The summed E-state index contributed by atoms with van der Waals surface area (Å²) in [7, 11) is 0. The van der Waals surface area contributed by atoms with Crippen LogP contribution in [0.2, 0.25) is 0 Å². The summed E-state index contributed by atoms with van der Waals surface area (Å²) >= 11 is 0. The lowest BCUT2D eigenvalue weighted by Gasteiger charge is -2.26. The fraction of sp³-hybridized carbons (Fsp3) is 0.714. The number of nitrogens with one attached hydrogen (secondary N) is 1.